The molecule has 7 nitrogen and oxygen atoms in total. The molecule has 0 aromatic heterocycles. The Morgan fingerprint density at radius 2 is 2.25 bits per heavy atom. The van der Waals surface area contributed by atoms with Crippen molar-refractivity contribution in [2.24, 2.45) is 5.73 Å². The molecule has 108 valence electrons. The summed E-state index contributed by atoms with van der Waals surface area (Å²) < 4.78 is 4.97. The van der Waals surface area contributed by atoms with Gasteiger partial charge in [0.15, 0.2) is 11.5 Å². The lowest BCUT2D eigenvalue weighted by Gasteiger charge is -2.34. The number of nitrogens with zero attached hydrogens (tertiary/aromatic N) is 1. The van der Waals surface area contributed by atoms with Crippen LogP contribution in [0, 0.1) is 0 Å². The average molecular weight is 279 g/mol. The van der Waals surface area contributed by atoms with Gasteiger partial charge in [-0.05, 0) is 12.1 Å². The molecule has 0 saturated carbocycles. The van der Waals surface area contributed by atoms with Gasteiger partial charge in [0.2, 0.25) is 5.91 Å². The first-order valence-electron chi connectivity index (χ1n) is 6.23. The van der Waals surface area contributed by atoms with Gasteiger partial charge in [0.25, 0.3) is 5.91 Å². The van der Waals surface area contributed by atoms with E-state index in [1.807, 2.05) is 0 Å². The molecule has 20 heavy (non-hydrogen) atoms. The van der Waals surface area contributed by atoms with Gasteiger partial charge in [0.1, 0.15) is 6.04 Å². The lowest BCUT2D eigenvalue weighted by molar-refractivity contribution is -0.122. The highest BCUT2D eigenvalue weighted by Gasteiger charge is 2.32. The van der Waals surface area contributed by atoms with Crippen molar-refractivity contribution >= 4 is 11.8 Å². The number of hydrogen-bond acceptors (Lipinski definition) is 5. The molecule has 1 atom stereocenters. The summed E-state index contributed by atoms with van der Waals surface area (Å²) in [7, 11) is 1.40. The number of aromatic hydroxyl groups is 1. The smallest absolute Gasteiger partial charge is 0.258 e. The minimum Gasteiger partial charge on any atom is -0.504 e. The predicted molar refractivity (Wildman–Crippen MR) is 71.5 cm³/mol. The number of nitrogens with one attached hydrogen (secondary N) is 1. The van der Waals surface area contributed by atoms with Gasteiger partial charge in [-0.3, -0.25) is 9.59 Å². The Morgan fingerprint density at radius 1 is 1.50 bits per heavy atom. The summed E-state index contributed by atoms with van der Waals surface area (Å²) in [5, 5.41) is 13.0. The maximum atomic E-state index is 12.5. The fourth-order valence-corrected chi connectivity index (χ4v) is 2.22. The molecule has 1 fully saturated rings. The number of piperazine rings is 1. The lowest BCUT2D eigenvalue weighted by atomic mass is 10.1. The topological polar surface area (TPSA) is 105 Å². The third kappa shape index (κ3) is 2.53. The Bertz CT molecular complexity index is 532. The second-order valence-corrected chi connectivity index (χ2v) is 4.48. The third-order valence-electron chi connectivity index (χ3n) is 3.28. The number of ether oxygens (including phenoxy) is 1. The van der Waals surface area contributed by atoms with Gasteiger partial charge in [-0.15, -0.1) is 0 Å². The number of hydrogen-bond donors (Lipinski definition) is 3. The maximum Gasteiger partial charge on any atom is 0.258 e. The van der Waals surface area contributed by atoms with Crippen molar-refractivity contribution in [3.8, 4) is 11.5 Å². The lowest BCUT2D eigenvalue weighted by Crippen LogP contribution is -2.58. The number of methoxy groups -OCH3 is 1. The van der Waals surface area contributed by atoms with Crippen LogP contribution in [0.2, 0.25) is 0 Å². The second-order valence-electron chi connectivity index (χ2n) is 4.48. The van der Waals surface area contributed by atoms with Crippen LogP contribution in [0.5, 0.6) is 11.5 Å². The molecule has 1 aliphatic heterocycles. The van der Waals surface area contributed by atoms with E-state index >= 15 is 0 Å². The van der Waals surface area contributed by atoms with Crippen molar-refractivity contribution in [1.29, 1.82) is 0 Å². The van der Waals surface area contributed by atoms with Crippen molar-refractivity contribution in [3.63, 3.8) is 0 Å². The first kappa shape index (κ1) is 14.1. The average Bonchev–Trinajstić information content (AvgIpc) is 2.46. The van der Waals surface area contributed by atoms with E-state index in [2.05, 4.69) is 5.32 Å². The normalized spacial score (nSPS) is 18.6. The molecule has 2 amide bonds. The van der Waals surface area contributed by atoms with Crippen LogP contribution in [-0.4, -0.2) is 54.6 Å². The number of amides is 2. The van der Waals surface area contributed by atoms with Crippen LogP contribution in [0.15, 0.2) is 18.2 Å². The Hall–Kier alpha value is -2.28. The third-order valence-corrected chi connectivity index (χ3v) is 3.28. The molecule has 1 aromatic carbocycles. The highest BCUT2D eigenvalue weighted by atomic mass is 16.5. The summed E-state index contributed by atoms with van der Waals surface area (Å²) in [4.78, 5) is 25.3. The summed E-state index contributed by atoms with van der Waals surface area (Å²) in [6.45, 7) is 1.23. The van der Waals surface area contributed by atoms with Crippen LogP contribution in [0.4, 0.5) is 0 Å². The molecule has 0 bridgehead atoms. The molecule has 1 saturated heterocycles. The van der Waals surface area contributed by atoms with Gasteiger partial charge in [0, 0.05) is 19.6 Å². The first-order chi connectivity index (χ1) is 9.56. The van der Waals surface area contributed by atoms with E-state index in [1.165, 1.54) is 18.1 Å². The molecule has 4 N–H and O–H groups in total. The molecule has 1 aliphatic rings. The SMILES string of the molecule is COc1cccc(C(=O)N2CCNCC2C(N)=O)c1O. The summed E-state index contributed by atoms with van der Waals surface area (Å²) in [5.74, 6) is -1.04. The summed E-state index contributed by atoms with van der Waals surface area (Å²) in [5.41, 5.74) is 5.40. The van der Waals surface area contributed by atoms with Gasteiger partial charge in [-0.1, -0.05) is 6.07 Å². The number of phenols is 1. The largest absolute Gasteiger partial charge is 0.504 e. The zero-order valence-corrected chi connectivity index (χ0v) is 11.1. The zero-order chi connectivity index (χ0) is 14.7. The van der Waals surface area contributed by atoms with E-state index < -0.39 is 17.9 Å². The van der Waals surface area contributed by atoms with E-state index in [4.69, 9.17) is 10.5 Å². The number of carbonyl (C=O) groups excluding carboxylic acids is 2. The summed E-state index contributed by atoms with van der Waals surface area (Å²) in [6.07, 6.45) is 0. The number of phenolic OH excluding ortho intramolecular Hbond substituents is 1. The van der Waals surface area contributed by atoms with Gasteiger partial charge < -0.3 is 25.8 Å². The molecular formula is C13H17N3O4. The van der Waals surface area contributed by atoms with Crippen molar-refractivity contribution in [2.75, 3.05) is 26.7 Å². The Balaban J connectivity index is 2.32. The van der Waals surface area contributed by atoms with E-state index in [1.54, 1.807) is 12.1 Å². The quantitative estimate of drug-likeness (QED) is 0.678. The number of primary amides is 1. The summed E-state index contributed by atoms with van der Waals surface area (Å²) in [6, 6.07) is 3.92. The van der Waals surface area contributed by atoms with Crippen molar-refractivity contribution in [1.82, 2.24) is 10.2 Å². The number of benzene rings is 1. The van der Waals surface area contributed by atoms with Crippen LogP contribution in [-0.2, 0) is 4.79 Å². The van der Waals surface area contributed by atoms with Gasteiger partial charge in [-0.25, -0.2) is 0 Å². The van der Waals surface area contributed by atoms with Crippen LogP contribution < -0.4 is 15.8 Å². The zero-order valence-electron chi connectivity index (χ0n) is 11.1. The van der Waals surface area contributed by atoms with Crippen molar-refractivity contribution < 1.29 is 19.4 Å². The number of para-hydroxylation sites is 1. The molecule has 0 aliphatic carbocycles. The molecule has 1 aromatic rings. The fourth-order valence-electron chi connectivity index (χ4n) is 2.22. The Morgan fingerprint density at radius 3 is 2.90 bits per heavy atom. The van der Waals surface area contributed by atoms with Crippen molar-refractivity contribution in [3.05, 3.63) is 23.8 Å². The molecule has 0 radical (unpaired) electrons. The van der Waals surface area contributed by atoms with Gasteiger partial charge >= 0.3 is 0 Å². The van der Waals surface area contributed by atoms with Crippen molar-refractivity contribution in [2.45, 2.75) is 6.04 Å². The van der Waals surface area contributed by atoms with E-state index in [0.717, 1.165) is 0 Å². The van der Waals surface area contributed by atoms with Gasteiger partial charge in [0.05, 0.1) is 12.7 Å². The first-order valence-corrected chi connectivity index (χ1v) is 6.23. The fraction of sp³-hybridized carbons (Fsp3) is 0.385. The predicted octanol–water partition coefficient (Wildman–Crippen LogP) is -0.700. The Labute approximate surface area is 116 Å². The van der Waals surface area contributed by atoms with E-state index in [-0.39, 0.29) is 17.1 Å². The minimum atomic E-state index is -0.721. The number of carbonyl (C=O) groups is 2. The highest BCUT2D eigenvalue weighted by molar-refractivity contribution is 6.00. The molecule has 1 unspecified atom stereocenters. The molecule has 0 spiro atoms. The number of nitrogens with two attached hydrogens (primary N) is 1. The molecular weight excluding hydrogens is 262 g/mol. The minimum absolute atomic E-state index is 0.0949. The van der Waals surface area contributed by atoms with Crippen LogP contribution >= 0.6 is 0 Å². The van der Waals surface area contributed by atoms with Crippen LogP contribution in [0.3, 0.4) is 0 Å². The Kier molecular flexibility index (Phi) is 4.09. The molecule has 2 rings (SSSR count). The highest BCUT2D eigenvalue weighted by Crippen LogP contribution is 2.30. The number of rotatable bonds is 3. The van der Waals surface area contributed by atoms with E-state index in [0.29, 0.717) is 19.6 Å². The second kappa shape index (κ2) is 5.79. The maximum absolute atomic E-state index is 12.5. The van der Waals surface area contributed by atoms with E-state index in [9.17, 15) is 14.7 Å². The monoisotopic (exact) mass is 279 g/mol. The van der Waals surface area contributed by atoms with Gasteiger partial charge in [-0.2, -0.15) is 0 Å². The van der Waals surface area contributed by atoms with Crippen LogP contribution in [0.25, 0.3) is 0 Å². The standard InChI is InChI=1S/C13H17N3O4/c1-20-10-4-2-3-8(11(10)17)13(19)16-6-5-15-7-9(16)12(14)18/h2-4,9,15,17H,5-7H2,1H3,(H2,14,18). The molecule has 1 heterocycles. The summed E-state index contributed by atoms with van der Waals surface area (Å²) >= 11 is 0. The molecule has 7 heteroatoms. The van der Waals surface area contributed by atoms with Crippen LogP contribution in [0.1, 0.15) is 10.4 Å².